The van der Waals surface area contributed by atoms with Crippen LogP contribution in [0, 0.1) is 6.92 Å². The van der Waals surface area contributed by atoms with E-state index in [1.807, 2.05) is 18.4 Å². The summed E-state index contributed by atoms with van der Waals surface area (Å²) in [7, 11) is 0. The van der Waals surface area contributed by atoms with Gasteiger partial charge in [0.2, 0.25) is 5.89 Å². The first-order chi connectivity index (χ1) is 9.83. The molecule has 1 aliphatic rings. The molecule has 0 saturated carbocycles. The van der Waals surface area contributed by atoms with E-state index in [4.69, 9.17) is 4.42 Å². The second-order valence-electron chi connectivity index (χ2n) is 5.65. The molecule has 0 aliphatic carbocycles. The Balaban J connectivity index is 1.72. The van der Waals surface area contributed by atoms with Crippen LogP contribution in [-0.2, 0) is 6.54 Å². The molecule has 0 bridgehead atoms. The van der Waals surface area contributed by atoms with E-state index in [9.17, 15) is 0 Å². The molecule has 1 aliphatic heterocycles. The number of nitrogens with zero attached hydrogens (tertiary/aromatic N) is 2. The van der Waals surface area contributed by atoms with Crippen LogP contribution >= 0.6 is 0 Å². The molecule has 106 valence electrons. The van der Waals surface area contributed by atoms with Gasteiger partial charge < -0.3 is 4.42 Å². The maximum Gasteiger partial charge on any atom is 0.226 e. The summed E-state index contributed by atoms with van der Waals surface area (Å²) < 4.78 is 5.67. The lowest BCUT2D eigenvalue weighted by molar-refractivity contribution is 0.273. The predicted molar refractivity (Wildman–Crippen MR) is 80.4 cm³/mol. The number of likely N-dealkylation sites (tertiary alicyclic amines) is 1. The van der Waals surface area contributed by atoms with Gasteiger partial charge >= 0.3 is 0 Å². The minimum absolute atomic E-state index is 0.743. The highest BCUT2D eigenvalue weighted by atomic mass is 16.3. The van der Waals surface area contributed by atoms with Crippen molar-refractivity contribution < 1.29 is 4.42 Å². The molecule has 3 rings (SSSR count). The molecular weight excluding hydrogens is 248 g/mol. The molecule has 1 aromatic heterocycles. The van der Waals surface area contributed by atoms with Gasteiger partial charge in [0.1, 0.15) is 6.26 Å². The minimum Gasteiger partial charge on any atom is -0.444 e. The molecule has 0 spiro atoms. The van der Waals surface area contributed by atoms with Gasteiger partial charge in [-0.05, 0) is 44.5 Å². The summed E-state index contributed by atoms with van der Waals surface area (Å²) in [6, 6.07) is 8.23. The van der Waals surface area contributed by atoms with Crippen molar-refractivity contribution in [2.75, 3.05) is 13.1 Å². The molecule has 2 heterocycles. The smallest absolute Gasteiger partial charge is 0.226 e. The van der Waals surface area contributed by atoms with Crippen molar-refractivity contribution in [2.24, 2.45) is 0 Å². The number of rotatable bonds is 3. The topological polar surface area (TPSA) is 29.3 Å². The Kier molecular flexibility index (Phi) is 4.16. The fourth-order valence-corrected chi connectivity index (χ4v) is 2.84. The third kappa shape index (κ3) is 3.10. The van der Waals surface area contributed by atoms with Gasteiger partial charge in [0.25, 0.3) is 0 Å². The highest BCUT2D eigenvalue weighted by Crippen LogP contribution is 2.23. The number of aromatic nitrogens is 1. The molecule has 0 N–H and O–H groups in total. The summed E-state index contributed by atoms with van der Waals surface area (Å²) in [5, 5.41) is 0. The fourth-order valence-electron chi connectivity index (χ4n) is 2.84. The van der Waals surface area contributed by atoms with Gasteiger partial charge in [-0.3, -0.25) is 4.90 Å². The number of hydrogen-bond acceptors (Lipinski definition) is 3. The van der Waals surface area contributed by atoms with Crippen LogP contribution in [0.3, 0.4) is 0 Å². The summed E-state index contributed by atoms with van der Waals surface area (Å²) in [6.45, 7) is 5.38. The Hall–Kier alpha value is -1.61. The van der Waals surface area contributed by atoms with E-state index in [0.717, 1.165) is 23.7 Å². The maximum absolute atomic E-state index is 5.67. The highest BCUT2D eigenvalue weighted by Gasteiger charge is 2.13. The zero-order valence-corrected chi connectivity index (χ0v) is 12.1. The standard InChI is InChI=1S/C17H22N2O/c1-14-8-4-5-9-16(14)17-18-15(13-20-17)12-19-10-6-2-3-7-11-19/h4-5,8-9,13H,2-3,6-7,10-12H2,1H3. The zero-order valence-electron chi connectivity index (χ0n) is 12.1. The van der Waals surface area contributed by atoms with Crippen LogP contribution < -0.4 is 0 Å². The van der Waals surface area contributed by atoms with Gasteiger partial charge in [-0.2, -0.15) is 0 Å². The molecule has 20 heavy (non-hydrogen) atoms. The van der Waals surface area contributed by atoms with E-state index >= 15 is 0 Å². The van der Waals surface area contributed by atoms with Crippen molar-refractivity contribution in [3.63, 3.8) is 0 Å². The third-order valence-corrected chi connectivity index (χ3v) is 4.01. The molecule has 3 nitrogen and oxygen atoms in total. The monoisotopic (exact) mass is 270 g/mol. The molecule has 1 fully saturated rings. The average Bonchev–Trinajstić information content (AvgIpc) is 2.75. The lowest BCUT2D eigenvalue weighted by Crippen LogP contribution is -2.24. The minimum atomic E-state index is 0.743. The van der Waals surface area contributed by atoms with Crippen LogP contribution in [0.2, 0.25) is 0 Å². The lowest BCUT2D eigenvalue weighted by atomic mass is 10.1. The SMILES string of the molecule is Cc1ccccc1-c1nc(CN2CCCCCC2)co1. The van der Waals surface area contributed by atoms with Gasteiger partial charge in [-0.25, -0.2) is 4.98 Å². The number of benzene rings is 1. The summed E-state index contributed by atoms with van der Waals surface area (Å²) in [5.74, 6) is 0.743. The Morgan fingerprint density at radius 3 is 2.60 bits per heavy atom. The quantitative estimate of drug-likeness (QED) is 0.843. The van der Waals surface area contributed by atoms with Crippen LogP contribution in [0.5, 0.6) is 0 Å². The Morgan fingerprint density at radius 1 is 1.10 bits per heavy atom. The molecule has 0 unspecified atom stereocenters. The molecule has 1 saturated heterocycles. The molecule has 0 atom stereocenters. The second kappa shape index (κ2) is 6.23. The van der Waals surface area contributed by atoms with Crippen LogP contribution in [0.15, 0.2) is 34.9 Å². The lowest BCUT2D eigenvalue weighted by Gasteiger charge is -2.17. The molecular formula is C17H22N2O. The van der Waals surface area contributed by atoms with E-state index < -0.39 is 0 Å². The Morgan fingerprint density at radius 2 is 1.85 bits per heavy atom. The first-order valence-corrected chi connectivity index (χ1v) is 7.56. The Bertz CT molecular complexity index is 554. The normalized spacial score (nSPS) is 17.1. The van der Waals surface area contributed by atoms with Gasteiger partial charge in [-0.15, -0.1) is 0 Å². The van der Waals surface area contributed by atoms with Crippen molar-refractivity contribution in [3.8, 4) is 11.5 Å². The first-order valence-electron chi connectivity index (χ1n) is 7.56. The summed E-state index contributed by atoms with van der Waals surface area (Å²) in [6.07, 6.45) is 7.16. The largest absolute Gasteiger partial charge is 0.444 e. The van der Waals surface area contributed by atoms with Gasteiger partial charge in [0, 0.05) is 12.1 Å². The highest BCUT2D eigenvalue weighted by molar-refractivity contribution is 5.58. The number of oxazole rings is 1. The van der Waals surface area contributed by atoms with E-state index in [1.165, 1.54) is 44.3 Å². The van der Waals surface area contributed by atoms with E-state index in [2.05, 4.69) is 28.9 Å². The summed E-state index contributed by atoms with van der Waals surface area (Å²) in [4.78, 5) is 7.15. The number of hydrogen-bond donors (Lipinski definition) is 0. The van der Waals surface area contributed by atoms with Crippen LogP contribution in [0.25, 0.3) is 11.5 Å². The molecule has 1 aromatic carbocycles. The van der Waals surface area contributed by atoms with Crippen molar-refractivity contribution in [1.82, 2.24) is 9.88 Å². The van der Waals surface area contributed by atoms with Crippen molar-refractivity contribution in [1.29, 1.82) is 0 Å². The molecule has 3 heteroatoms. The van der Waals surface area contributed by atoms with Crippen LogP contribution in [0.4, 0.5) is 0 Å². The van der Waals surface area contributed by atoms with Gasteiger partial charge in [-0.1, -0.05) is 31.0 Å². The van der Waals surface area contributed by atoms with Crippen molar-refractivity contribution in [2.45, 2.75) is 39.2 Å². The third-order valence-electron chi connectivity index (χ3n) is 4.01. The second-order valence-corrected chi connectivity index (χ2v) is 5.65. The van der Waals surface area contributed by atoms with Crippen LogP contribution in [0.1, 0.15) is 36.9 Å². The molecule has 0 radical (unpaired) electrons. The maximum atomic E-state index is 5.67. The summed E-state index contributed by atoms with van der Waals surface area (Å²) in [5.41, 5.74) is 3.34. The van der Waals surface area contributed by atoms with Crippen molar-refractivity contribution >= 4 is 0 Å². The predicted octanol–water partition coefficient (Wildman–Crippen LogP) is 4.03. The van der Waals surface area contributed by atoms with E-state index in [1.54, 1.807) is 0 Å². The summed E-state index contributed by atoms with van der Waals surface area (Å²) >= 11 is 0. The number of aryl methyl sites for hydroxylation is 1. The fraction of sp³-hybridized carbons (Fsp3) is 0.471. The van der Waals surface area contributed by atoms with Gasteiger partial charge in [0.15, 0.2) is 0 Å². The van der Waals surface area contributed by atoms with Gasteiger partial charge in [0.05, 0.1) is 5.69 Å². The average molecular weight is 270 g/mol. The van der Waals surface area contributed by atoms with E-state index in [-0.39, 0.29) is 0 Å². The zero-order chi connectivity index (χ0) is 13.8. The molecule has 2 aromatic rings. The van der Waals surface area contributed by atoms with Crippen LogP contribution in [-0.4, -0.2) is 23.0 Å². The molecule has 0 amide bonds. The Labute approximate surface area is 120 Å². The van der Waals surface area contributed by atoms with E-state index in [0.29, 0.717) is 0 Å². The first kappa shape index (κ1) is 13.4. The van der Waals surface area contributed by atoms with Crippen molar-refractivity contribution in [3.05, 3.63) is 41.8 Å².